The fourth-order valence-electron chi connectivity index (χ4n) is 3.83. The molecule has 3 aromatic rings. The number of sulfone groups is 1. The number of amides is 1. The summed E-state index contributed by atoms with van der Waals surface area (Å²) >= 11 is 1.66. The third kappa shape index (κ3) is 5.69. The Kier molecular flexibility index (Phi) is 7.26. The minimum atomic E-state index is -3.29. The number of hydrogen-bond donors (Lipinski definition) is 0. The van der Waals surface area contributed by atoms with Crippen LogP contribution < -0.4 is 0 Å². The lowest BCUT2D eigenvalue weighted by molar-refractivity contribution is -0.132. The normalized spacial score (nSPS) is 15.2. The molecule has 8 heteroatoms. The van der Waals surface area contributed by atoms with E-state index < -0.39 is 15.1 Å². The molecule has 0 radical (unpaired) electrons. The molecule has 0 atom stereocenters. The van der Waals surface area contributed by atoms with E-state index in [1.54, 1.807) is 49.4 Å². The summed E-state index contributed by atoms with van der Waals surface area (Å²) in [5.74, 6) is 0.0779. The summed E-state index contributed by atoms with van der Waals surface area (Å²) in [7, 11) is -3.29. The standard InChI is InChI=1S/C25H29N3O3S2/c1-19(2)33(30,31)23-10-8-20(9-11-23)16-24(29)28-14-12-27(13-15-28)17-22-18-32-25(26-22)21-6-4-3-5-7-21/h3-11,18-19H,12-17H2,1-2H3. The Morgan fingerprint density at radius 3 is 2.30 bits per heavy atom. The van der Waals surface area contributed by atoms with E-state index >= 15 is 0 Å². The molecule has 1 aliphatic heterocycles. The highest BCUT2D eigenvalue weighted by molar-refractivity contribution is 7.92. The molecule has 2 heterocycles. The molecular weight excluding hydrogens is 454 g/mol. The number of thiazole rings is 1. The van der Waals surface area contributed by atoms with Gasteiger partial charge in [0.15, 0.2) is 9.84 Å². The number of nitrogens with zero attached hydrogens (tertiary/aromatic N) is 3. The van der Waals surface area contributed by atoms with Crippen molar-refractivity contribution in [1.29, 1.82) is 0 Å². The van der Waals surface area contributed by atoms with E-state index in [2.05, 4.69) is 22.4 Å². The Hall–Kier alpha value is -2.55. The zero-order chi connectivity index (χ0) is 23.4. The van der Waals surface area contributed by atoms with E-state index in [1.165, 1.54) is 0 Å². The van der Waals surface area contributed by atoms with Gasteiger partial charge in [0.05, 0.1) is 22.3 Å². The second kappa shape index (κ2) is 10.2. The van der Waals surface area contributed by atoms with Crippen LogP contribution in [0, 0.1) is 0 Å². The Bertz CT molecular complexity index is 1180. The average molecular weight is 484 g/mol. The van der Waals surface area contributed by atoms with Gasteiger partial charge in [0.25, 0.3) is 0 Å². The van der Waals surface area contributed by atoms with Crippen molar-refractivity contribution in [1.82, 2.24) is 14.8 Å². The lowest BCUT2D eigenvalue weighted by Crippen LogP contribution is -2.48. The predicted octanol–water partition coefficient (Wildman–Crippen LogP) is 3.88. The molecule has 0 bridgehead atoms. The summed E-state index contributed by atoms with van der Waals surface area (Å²) in [6.07, 6.45) is 0.286. The van der Waals surface area contributed by atoms with E-state index in [0.717, 1.165) is 41.5 Å². The zero-order valence-corrected chi connectivity index (χ0v) is 20.6. The van der Waals surface area contributed by atoms with Crippen LogP contribution in [0.3, 0.4) is 0 Å². The van der Waals surface area contributed by atoms with Gasteiger partial charge in [-0.3, -0.25) is 9.69 Å². The Labute approximate surface area is 199 Å². The number of piperazine rings is 1. The molecule has 1 saturated heterocycles. The van der Waals surface area contributed by atoms with Gasteiger partial charge < -0.3 is 4.90 Å². The van der Waals surface area contributed by atoms with Crippen molar-refractivity contribution < 1.29 is 13.2 Å². The van der Waals surface area contributed by atoms with Gasteiger partial charge in [0.1, 0.15) is 5.01 Å². The van der Waals surface area contributed by atoms with Gasteiger partial charge in [-0.1, -0.05) is 42.5 Å². The van der Waals surface area contributed by atoms with Crippen molar-refractivity contribution in [3.8, 4) is 10.6 Å². The number of carbonyl (C=O) groups is 1. The molecule has 0 saturated carbocycles. The van der Waals surface area contributed by atoms with E-state index in [9.17, 15) is 13.2 Å². The highest BCUT2D eigenvalue weighted by Crippen LogP contribution is 2.24. The Morgan fingerprint density at radius 2 is 1.67 bits per heavy atom. The second-order valence-corrected chi connectivity index (χ2v) is 11.9. The first kappa shape index (κ1) is 23.6. The molecule has 1 aromatic heterocycles. The largest absolute Gasteiger partial charge is 0.340 e. The summed E-state index contributed by atoms with van der Waals surface area (Å²) < 4.78 is 24.5. The van der Waals surface area contributed by atoms with E-state index in [4.69, 9.17) is 4.98 Å². The number of hydrogen-bond acceptors (Lipinski definition) is 6. The number of benzene rings is 2. The van der Waals surface area contributed by atoms with Crippen molar-refractivity contribution in [3.05, 3.63) is 71.2 Å². The summed E-state index contributed by atoms with van der Waals surface area (Å²) in [5, 5.41) is 2.69. The van der Waals surface area contributed by atoms with Crippen LogP contribution in [0.1, 0.15) is 25.1 Å². The summed E-state index contributed by atoms with van der Waals surface area (Å²) in [6, 6.07) is 16.9. The third-order valence-corrected chi connectivity index (χ3v) is 9.02. The third-order valence-electron chi connectivity index (χ3n) is 5.91. The van der Waals surface area contributed by atoms with E-state index in [-0.39, 0.29) is 12.3 Å². The molecule has 6 nitrogen and oxygen atoms in total. The van der Waals surface area contributed by atoms with Crippen molar-refractivity contribution in [3.63, 3.8) is 0 Å². The van der Waals surface area contributed by atoms with Crippen LogP contribution in [-0.4, -0.2) is 60.5 Å². The van der Waals surface area contributed by atoms with Crippen molar-refractivity contribution in [2.45, 2.75) is 37.0 Å². The van der Waals surface area contributed by atoms with Gasteiger partial charge >= 0.3 is 0 Å². The average Bonchev–Trinajstić information content (AvgIpc) is 3.29. The van der Waals surface area contributed by atoms with E-state index in [0.29, 0.717) is 18.0 Å². The summed E-state index contributed by atoms with van der Waals surface area (Å²) in [5.41, 5.74) is 3.04. The number of aromatic nitrogens is 1. The lowest BCUT2D eigenvalue weighted by atomic mass is 10.1. The molecule has 0 N–H and O–H groups in total. The maximum atomic E-state index is 12.8. The molecule has 174 valence electrons. The van der Waals surface area contributed by atoms with Crippen LogP contribution in [0.2, 0.25) is 0 Å². The molecule has 0 unspecified atom stereocenters. The number of rotatable bonds is 7. The molecule has 1 aliphatic rings. The highest BCUT2D eigenvalue weighted by atomic mass is 32.2. The Morgan fingerprint density at radius 1 is 1.00 bits per heavy atom. The maximum Gasteiger partial charge on any atom is 0.227 e. The number of carbonyl (C=O) groups excluding carboxylic acids is 1. The van der Waals surface area contributed by atoms with Gasteiger partial charge in [-0.15, -0.1) is 11.3 Å². The molecule has 2 aromatic carbocycles. The molecule has 0 spiro atoms. The molecular formula is C25H29N3O3S2. The van der Waals surface area contributed by atoms with Gasteiger partial charge in [-0.2, -0.15) is 0 Å². The van der Waals surface area contributed by atoms with Crippen molar-refractivity contribution in [2.24, 2.45) is 0 Å². The molecule has 1 amide bonds. The maximum absolute atomic E-state index is 12.8. The van der Waals surface area contributed by atoms with Crippen LogP contribution in [0.15, 0.2) is 64.9 Å². The Balaban J connectivity index is 1.28. The van der Waals surface area contributed by atoms with Crippen LogP contribution >= 0.6 is 11.3 Å². The fraction of sp³-hybridized carbons (Fsp3) is 0.360. The lowest BCUT2D eigenvalue weighted by Gasteiger charge is -2.34. The van der Waals surface area contributed by atoms with Gasteiger partial charge in [-0.25, -0.2) is 13.4 Å². The predicted molar refractivity (Wildman–Crippen MR) is 132 cm³/mol. The molecule has 1 fully saturated rings. The van der Waals surface area contributed by atoms with Crippen LogP contribution in [0.4, 0.5) is 0 Å². The molecule has 0 aliphatic carbocycles. The van der Waals surface area contributed by atoms with Crippen LogP contribution in [0.5, 0.6) is 0 Å². The minimum absolute atomic E-state index is 0.0779. The zero-order valence-electron chi connectivity index (χ0n) is 19.0. The second-order valence-electron chi connectivity index (χ2n) is 8.58. The topological polar surface area (TPSA) is 70.6 Å². The van der Waals surface area contributed by atoms with Gasteiger partial charge in [0, 0.05) is 43.7 Å². The van der Waals surface area contributed by atoms with Crippen LogP contribution in [0.25, 0.3) is 10.6 Å². The summed E-state index contributed by atoms with van der Waals surface area (Å²) in [6.45, 7) is 7.14. The fourth-order valence-corrected chi connectivity index (χ4v) is 5.71. The highest BCUT2D eigenvalue weighted by Gasteiger charge is 2.23. The first-order valence-corrected chi connectivity index (χ1v) is 13.6. The van der Waals surface area contributed by atoms with Gasteiger partial charge in [0.2, 0.25) is 5.91 Å². The minimum Gasteiger partial charge on any atom is -0.340 e. The first-order valence-electron chi connectivity index (χ1n) is 11.2. The molecule has 4 rings (SSSR count). The van der Waals surface area contributed by atoms with Gasteiger partial charge in [-0.05, 0) is 31.5 Å². The smallest absolute Gasteiger partial charge is 0.227 e. The SMILES string of the molecule is CC(C)S(=O)(=O)c1ccc(CC(=O)N2CCN(Cc3csc(-c4ccccc4)n3)CC2)cc1. The summed E-state index contributed by atoms with van der Waals surface area (Å²) in [4.78, 5) is 22.1. The van der Waals surface area contributed by atoms with Crippen molar-refractivity contribution >= 4 is 27.1 Å². The van der Waals surface area contributed by atoms with Crippen molar-refractivity contribution in [2.75, 3.05) is 26.2 Å². The first-order chi connectivity index (χ1) is 15.8. The van der Waals surface area contributed by atoms with Crippen LogP contribution in [-0.2, 0) is 27.6 Å². The monoisotopic (exact) mass is 483 g/mol. The quantitative estimate of drug-likeness (QED) is 0.510. The molecule has 33 heavy (non-hydrogen) atoms. The van der Waals surface area contributed by atoms with E-state index in [1.807, 2.05) is 23.1 Å².